The Labute approximate surface area is 229 Å². The number of unbranched alkanes of at least 4 members (excludes halogenated alkanes) is 1. The zero-order valence-corrected chi connectivity index (χ0v) is 22.6. The lowest BCUT2D eigenvalue weighted by Gasteiger charge is -2.38. The number of aliphatic hydroxyl groups is 1. The van der Waals surface area contributed by atoms with Gasteiger partial charge in [0.25, 0.3) is 0 Å². The molecule has 2 aromatic rings. The number of aromatic hydroxyl groups is 1. The normalized spacial score (nSPS) is 19.6. The summed E-state index contributed by atoms with van der Waals surface area (Å²) in [6, 6.07) is 10.4. The molecule has 210 valence electrons. The smallest absolute Gasteiger partial charge is 0.246 e. The Morgan fingerprint density at radius 2 is 1.85 bits per heavy atom. The van der Waals surface area contributed by atoms with Crippen LogP contribution >= 0.6 is 0 Å². The molecule has 1 fully saturated rings. The van der Waals surface area contributed by atoms with Crippen LogP contribution in [0.4, 0.5) is 5.69 Å². The van der Waals surface area contributed by atoms with Crippen LogP contribution in [0, 0.1) is 11.8 Å². The maximum Gasteiger partial charge on any atom is 0.246 e. The van der Waals surface area contributed by atoms with Gasteiger partial charge in [0.1, 0.15) is 5.75 Å². The molecule has 0 spiro atoms. The van der Waals surface area contributed by atoms with E-state index in [4.69, 9.17) is 14.6 Å². The van der Waals surface area contributed by atoms with Crippen LogP contribution in [0.3, 0.4) is 0 Å². The van der Waals surface area contributed by atoms with E-state index in [9.17, 15) is 19.8 Å². The van der Waals surface area contributed by atoms with Gasteiger partial charge in [-0.1, -0.05) is 18.9 Å². The fraction of sp³-hybridized carbons (Fsp3) is 0.483. The lowest BCUT2D eigenvalue weighted by molar-refractivity contribution is -0.139. The summed E-state index contributed by atoms with van der Waals surface area (Å²) in [5, 5.41) is 32.4. The van der Waals surface area contributed by atoms with Crippen LogP contribution in [0.1, 0.15) is 55.8 Å². The van der Waals surface area contributed by atoms with E-state index in [2.05, 4.69) is 10.6 Å². The molecule has 1 heterocycles. The van der Waals surface area contributed by atoms with Crippen molar-refractivity contribution in [3.05, 3.63) is 47.5 Å². The molecule has 10 heteroatoms. The number of hydrazone groups is 1. The van der Waals surface area contributed by atoms with Gasteiger partial charge in [0, 0.05) is 30.5 Å². The lowest BCUT2D eigenvalue weighted by atomic mass is 9.73. The zero-order chi connectivity index (χ0) is 27.8. The van der Waals surface area contributed by atoms with E-state index in [0.29, 0.717) is 43.1 Å². The highest BCUT2D eigenvalue weighted by molar-refractivity contribution is 6.07. The van der Waals surface area contributed by atoms with Crippen molar-refractivity contribution in [3.8, 4) is 17.2 Å². The first-order valence-corrected chi connectivity index (χ1v) is 13.5. The molecular weight excluding hydrogens is 500 g/mol. The van der Waals surface area contributed by atoms with Crippen LogP contribution in [0.5, 0.6) is 17.2 Å². The van der Waals surface area contributed by atoms with E-state index < -0.39 is 6.10 Å². The molecule has 1 aliphatic heterocycles. The van der Waals surface area contributed by atoms with Crippen LogP contribution in [0.2, 0.25) is 0 Å². The second-order valence-corrected chi connectivity index (χ2v) is 9.98. The third kappa shape index (κ3) is 6.69. The standard InChI is InChI=1S/C29H38N4O6/c1-38-26-12-10-20(16-27(26)39-2)28-21-7-3-4-8-22(21)29(37)33(32-28)14-6-5-13-30-17-25(36)19-9-11-24(35)23(15-19)31-18-34/h9-12,15-16,18,21-22,25,30,35-36H,3-8,13-14,17H2,1-2H3,(H,31,34)/t21?,22?,25-/m0/s1. The van der Waals surface area contributed by atoms with Gasteiger partial charge in [-0.05, 0) is 68.1 Å². The number of methoxy groups -OCH3 is 2. The number of benzene rings is 2. The molecule has 1 saturated carbocycles. The van der Waals surface area contributed by atoms with Gasteiger partial charge in [-0.15, -0.1) is 0 Å². The number of amides is 2. The average Bonchev–Trinajstić information content (AvgIpc) is 2.96. The Balaban J connectivity index is 1.34. The van der Waals surface area contributed by atoms with Gasteiger partial charge < -0.3 is 30.3 Å². The predicted octanol–water partition coefficient (Wildman–Crippen LogP) is 3.43. The Hall–Kier alpha value is -3.63. The molecular formula is C29H38N4O6. The first kappa shape index (κ1) is 28.4. The van der Waals surface area contributed by atoms with Crippen molar-refractivity contribution in [2.24, 2.45) is 16.9 Å². The third-order valence-electron chi connectivity index (χ3n) is 7.53. The van der Waals surface area contributed by atoms with Crippen LogP contribution in [-0.4, -0.2) is 67.1 Å². The average molecular weight is 539 g/mol. The van der Waals surface area contributed by atoms with Crippen LogP contribution in [-0.2, 0) is 9.59 Å². The summed E-state index contributed by atoms with van der Waals surface area (Å²) in [5.74, 6) is 1.42. The number of phenols is 1. The Kier molecular flexibility index (Phi) is 9.78. The van der Waals surface area contributed by atoms with Gasteiger partial charge in [-0.3, -0.25) is 9.59 Å². The number of nitrogens with one attached hydrogen (secondary N) is 2. The van der Waals surface area contributed by atoms with E-state index in [1.54, 1.807) is 31.4 Å². The second-order valence-electron chi connectivity index (χ2n) is 9.98. The van der Waals surface area contributed by atoms with E-state index in [-0.39, 0.29) is 29.2 Å². The van der Waals surface area contributed by atoms with Gasteiger partial charge in [-0.2, -0.15) is 5.10 Å². The molecule has 0 radical (unpaired) electrons. The van der Waals surface area contributed by atoms with Crippen LogP contribution in [0.15, 0.2) is 41.5 Å². The molecule has 2 aliphatic rings. The first-order chi connectivity index (χ1) is 19.0. The number of rotatable bonds is 13. The van der Waals surface area contributed by atoms with E-state index >= 15 is 0 Å². The largest absolute Gasteiger partial charge is 0.506 e. The second kappa shape index (κ2) is 13.4. The number of hydrogen-bond acceptors (Lipinski definition) is 8. The van der Waals surface area contributed by atoms with E-state index in [0.717, 1.165) is 49.8 Å². The monoisotopic (exact) mass is 538 g/mol. The first-order valence-electron chi connectivity index (χ1n) is 13.5. The molecule has 10 nitrogen and oxygen atoms in total. The summed E-state index contributed by atoms with van der Waals surface area (Å²) >= 11 is 0. The van der Waals surface area contributed by atoms with Crippen molar-refractivity contribution >= 4 is 23.7 Å². The number of nitrogens with zero attached hydrogens (tertiary/aromatic N) is 2. The van der Waals surface area contributed by atoms with Crippen molar-refractivity contribution in [1.29, 1.82) is 0 Å². The van der Waals surface area contributed by atoms with Gasteiger partial charge in [-0.25, -0.2) is 5.01 Å². The number of fused-ring (bicyclic) bond motifs is 1. The van der Waals surface area contributed by atoms with Crippen LogP contribution < -0.4 is 20.1 Å². The number of aliphatic hydroxyl groups excluding tert-OH is 1. The molecule has 4 N–H and O–H groups in total. The molecule has 2 unspecified atom stereocenters. The highest BCUT2D eigenvalue weighted by Gasteiger charge is 2.41. The number of carbonyl (C=O) groups excluding carboxylic acids is 2. The van der Waals surface area contributed by atoms with Gasteiger partial charge >= 0.3 is 0 Å². The highest BCUT2D eigenvalue weighted by Crippen LogP contribution is 2.39. The highest BCUT2D eigenvalue weighted by atomic mass is 16.5. The molecule has 4 rings (SSSR count). The van der Waals surface area contributed by atoms with Gasteiger partial charge in [0.15, 0.2) is 11.5 Å². The van der Waals surface area contributed by atoms with Crippen LogP contribution in [0.25, 0.3) is 0 Å². The van der Waals surface area contributed by atoms with E-state index in [1.807, 2.05) is 18.2 Å². The topological polar surface area (TPSA) is 133 Å². The Morgan fingerprint density at radius 1 is 1.08 bits per heavy atom. The molecule has 0 saturated heterocycles. The minimum Gasteiger partial charge on any atom is -0.506 e. The fourth-order valence-electron chi connectivity index (χ4n) is 5.43. The molecule has 1 aliphatic carbocycles. The van der Waals surface area contributed by atoms with Crippen molar-refractivity contribution < 1.29 is 29.3 Å². The van der Waals surface area contributed by atoms with Gasteiger partial charge in [0.2, 0.25) is 12.3 Å². The molecule has 3 atom stereocenters. The summed E-state index contributed by atoms with van der Waals surface area (Å²) in [6.07, 6.45) is 5.24. The van der Waals surface area contributed by atoms with Crippen molar-refractivity contribution in [2.45, 2.75) is 44.6 Å². The summed E-state index contributed by atoms with van der Waals surface area (Å²) < 4.78 is 10.9. The quantitative estimate of drug-likeness (QED) is 0.174. The number of anilines is 1. The summed E-state index contributed by atoms with van der Waals surface area (Å²) in [7, 11) is 3.23. The lowest BCUT2D eigenvalue weighted by Crippen LogP contribution is -2.46. The number of ether oxygens (including phenoxy) is 2. The maximum absolute atomic E-state index is 13.3. The molecule has 0 aromatic heterocycles. The van der Waals surface area contributed by atoms with Gasteiger partial charge in [0.05, 0.1) is 31.7 Å². The molecule has 2 aromatic carbocycles. The number of carbonyl (C=O) groups is 2. The molecule has 39 heavy (non-hydrogen) atoms. The Bertz CT molecular complexity index is 1190. The van der Waals surface area contributed by atoms with Crippen molar-refractivity contribution in [3.63, 3.8) is 0 Å². The SMILES string of the molecule is COc1ccc(C2=NN(CCCCNC[C@H](O)c3ccc(O)c(NC=O)c3)C(=O)C3CCCCC23)cc1OC. The fourth-order valence-corrected chi connectivity index (χ4v) is 5.43. The van der Waals surface area contributed by atoms with E-state index in [1.165, 1.54) is 6.07 Å². The zero-order valence-electron chi connectivity index (χ0n) is 22.6. The maximum atomic E-state index is 13.3. The molecule has 0 bridgehead atoms. The summed E-state index contributed by atoms with van der Waals surface area (Å²) in [6.45, 7) is 1.51. The third-order valence-corrected chi connectivity index (χ3v) is 7.53. The Morgan fingerprint density at radius 3 is 2.59 bits per heavy atom. The predicted molar refractivity (Wildman–Crippen MR) is 148 cm³/mol. The van der Waals surface area contributed by atoms with Crippen molar-refractivity contribution in [2.75, 3.05) is 39.2 Å². The summed E-state index contributed by atoms with van der Waals surface area (Å²) in [4.78, 5) is 24.0. The number of hydrogen-bond donors (Lipinski definition) is 4. The minimum absolute atomic E-state index is 0.0449. The van der Waals surface area contributed by atoms with Crippen molar-refractivity contribution in [1.82, 2.24) is 10.3 Å². The summed E-state index contributed by atoms with van der Waals surface area (Å²) in [5.41, 5.74) is 2.74. The minimum atomic E-state index is -0.793. The number of phenolic OH excluding ortho intramolecular Hbond substituents is 1. The molecule has 2 amide bonds.